The monoisotopic (exact) mass is 404 g/mol. The van der Waals surface area contributed by atoms with E-state index < -0.39 is 0 Å². The van der Waals surface area contributed by atoms with Crippen molar-refractivity contribution in [2.45, 2.75) is 89.6 Å². The number of likely N-dealkylation sites (tertiary alicyclic amines) is 2. The molecule has 0 N–H and O–H groups in total. The van der Waals surface area contributed by atoms with E-state index >= 15 is 0 Å². The molecule has 6 heteroatoms. The zero-order valence-corrected chi connectivity index (χ0v) is 18.7. The lowest BCUT2D eigenvalue weighted by atomic mass is 9.69. The van der Waals surface area contributed by atoms with Gasteiger partial charge in [0, 0.05) is 49.6 Å². The van der Waals surface area contributed by atoms with Crippen molar-refractivity contribution in [3.8, 4) is 0 Å². The number of nitrogens with zero attached hydrogens (tertiary/aromatic N) is 4. The molecule has 2 saturated heterocycles. The number of aromatic nitrogens is 2. The highest BCUT2D eigenvalue weighted by Crippen LogP contribution is 2.47. The maximum atomic E-state index is 6.27. The number of piperidine rings is 1. The van der Waals surface area contributed by atoms with Gasteiger partial charge in [-0.25, -0.2) is 0 Å². The van der Waals surface area contributed by atoms with E-state index in [-0.39, 0.29) is 0 Å². The molecule has 1 saturated carbocycles. The molecule has 1 aromatic heterocycles. The third-order valence-electron chi connectivity index (χ3n) is 7.76. The Balaban J connectivity index is 1.32. The second kappa shape index (κ2) is 9.46. The largest absolute Gasteiger partial charge is 0.382 e. The predicted molar refractivity (Wildman–Crippen MR) is 115 cm³/mol. The van der Waals surface area contributed by atoms with Crippen LogP contribution >= 0.6 is 0 Å². The number of hydrogen-bond donors (Lipinski definition) is 0. The molecule has 1 aliphatic carbocycles. The van der Waals surface area contributed by atoms with Crippen molar-refractivity contribution in [1.82, 2.24) is 19.6 Å². The highest BCUT2D eigenvalue weighted by atomic mass is 16.5. The number of aryl methyl sites for hydroxylation is 1. The van der Waals surface area contributed by atoms with Crippen LogP contribution in [-0.4, -0.2) is 77.2 Å². The van der Waals surface area contributed by atoms with Gasteiger partial charge in [0.2, 0.25) is 0 Å². The maximum absolute atomic E-state index is 6.27. The zero-order chi connectivity index (χ0) is 20.3. The summed E-state index contributed by atoms with van der Waals surface area (Å²) in [6.07, 6.45) is 11.8. The molecule has 1 atom stereocenters. The Morgan fingerprint density at radius 2 is 1.90 bits per heavy atom. The van der Waals surface area contributed by atoms with E-state index in [0.717, 1.165) is 32.3 Å². The van der Waals surface area contributed by atoms with Crippen molar-refractivity contribution >= 4 is 0 Å². The van der Waals surface area contributed by atoms with Gasteiger partial charge < -0.3 is 9.47 Å². The summed E-state index contributed by atoms with van der Waals surface area (Å²) in [6.45, 7) is 11.3. The summed E-state index contributed by atoms with van der Waals surface area (Å²) in [5.41, 5.74) is 3.04. The van der Waals surface area contributed by atoms with E-state index in [1.165, 1.54) is 69.3 Å². The fourth-order valence-corrected chi connectivity index (χ4v) is 5.96. The molecular formula is C23H40N4O2. The number of rotatable bonds is 8. The third kappa shape index (κ3) is 4.27. The Kier molecular flexibility index (Phi) is 6.94. The minimum absolute atomic E-state index is 0.317. The second-order valence-corrected chi connectivity index (χ2v) is 9.25. The van der Waals surface area contributed by atoms with E-state index in [1.54, 1.807) is 7.11 Å². The lowest BCUT2D eigenvalue weighted by Crippen LogP contribution is -2.75. The Morgan fingerprint density at radius 3 is 2.55 bits per heavy atom. The smallest absolute Gasteiger partial charge is 0.0886 e. The molecule has 6 nitrogen and oxygen atoms in total. The fraction of sp³-hybridized carbons (Fsp3) is 0.870. The van der Waals surface area contributed by atoms with E-state index in [1.807, 2.05) is 0 Å². The average Bonchev–Trinajstić information content (AvgIpc) is 3.11. The van der Waals surface area contributed by atoms with Gasteiger partial charge in [-0.15, -0.1) is 0 Å². The molecular weight excluding hydrogens is 364 g/mol. The first-order valence-corrected chi connectivity index (χ1v) is 11.8. The topological polar surface area (TPSA) is 42.8 Å². The molecule has 1 aromatic rings. The van der Waals surface area contributed by atoms with Crippen LogP contribution in [0, 0.1) is 6.92 Å². The molecule has 3 aliphatic rings. The Labute approximate surface area is 176 Å². The van der Waals surface area contributed by atoms with Crippen molar-refractivity contribution < 1.29 is 9.47 Å². The minimum atomic E-state index is 0.317. The highest BCUT2D eigenvalue weighted by molar-refractivity contribution is 5.16. The lowest BCUT2D eigenvalue weighted by molar-refractivity contribution is -0.204. The van der Waals surface area contributed by atoms with Crippen LogP contribution < -0.4 is 0 Å². The molecule has 164 valence electrons. The first-order chi connectivity index (χ1) is 14.2. The molecule has 2 aliphatic heterocycles. The number of hydrogen-bond acceptors (Lipinski definition) is 5. The summed E-state index contributed by atoms with van der Waals surface area (Å²) in [7, 11) is 1.76. The predicted octanol–water partition coefficient (Wildman–Crippen LogP) is 3.23. The van der Waals surface area contributed by atoms with E-state index in [4.69, 9.17) is 9.47 Å². The van der Waals surface area contributed by atoms with Gasteiger partial charge in [-0.05, 0) is 52.6 Å². The summed E-state index contributed by atoms with van der Waals surface area (Å²) in [5, 5.41) is 4.52. The Morgan fingerprint density at radius 1 is 1.14 bits per heavy atom. The van der Waals surface area contributed by atoms with Crippen LogP contribution in [0.4, 0.5) is 0 Å². The van der Waals surface area contributed by atoms with E-state index in [2.05, 4.69) is 39.6 Å². The van der Waals surface area contributed by atoms with Gasteiger partial charge >= 0.3 is 0 Å². The summed E-state index contributed by atoms with van der Waals surface area (Å²) < 4.78 is 13.6. The van der Waals surface area contributed by atoms with Gasteiger partial charge in [0.15, 0.2) is 0 Å². The fourth-order valence-electron chi connectivity index (χ4n) is 5.96. The molecule has 1 spiro atoms. The van der Waals surface area contributed by atoms with Crippen LogP contribution in [0.1, 0.15) is 63.1 Å². The van der Waals surface area contributed by atoms with Crippen LogP contribution in [0.3, 0.4) is 0 Å². The Hall–Kier alpha value is -0.950. The van der Waals surface area contributed by atoms with Gasteiger partial charge in [-0.3, -0.25) is 14.5 Å². The second-order valence-electron chi connectivity index (χ2n) is 9.25. The van der Waals surface area contributed by atoms with Gasteiger partial charge in [0.1, 0.15) is 0 Å². The normalized spacial score (nSPS) is 26.1. The summed E-state index contributed by atoms with van der Waals surface area (Å²) >= 11 is 0. The van der Waals surface area contributed by atoms with Gasteiger partial charge in [0.05, 0.1) is 25.5 Å². The van der Waals surface area contributed by atoms with Crippen molar-refractivity contribution in [1.29, 1.82) is 0 Å². The van der Waals surface area contributed by atoms with E-state index in [0.29, 0.717) is 18.2 Å². The van der Waals surface area contributed by atoms with Crippen LogP contribution in [-0.2, 0) is 22.6 Å². The summed E-state index contributed by atoms with van der Waals surface area (Å²) in [4.78, 5) is 5.47. The first kappa shape index (κ1) is 21.3. The van der Waals surface area contributed by atoms with Crippen LogP contribution in [0.15, 0.2) is 6.20 Å². The molecule has 0 radical (unpaired) electrons. The lowest BCUT2D eigenvalue weighted by Gasteiger charge is -2.63. The first-order valence-electron chi connectivity index (χ1n) is 11.8. The van der Waals surface area contributed by atoms with Gasteiger partial charge in [-0.1, -0.05) is 19.3 Å². The quantitative estimate of drug-likeness (QED) is 0.623. The van der Waals surface area contributed by atoms with Crippen LogP contribution in [0.5, 0.6) is 0 Å². The average molecular weight is 405 g/mol. The molecule has 29 heavy (non-hydrogen) atoms. The minimum Gasteiger partial charge on any atom is -0.382 e. The molecule has 3 heterocycles. The standard InChI is InChI=1S/C23H40N4O2/c1-4-27-19(2)20(16-24-27)17-25-12-8-21(9-13-25)26-18-22(29-15-14-28-3)23(26)10-6-5-7-11-23/h16,21-22H,4-15,17-18H2,1-3H3. The van der Waals surface area contributed by atoms with Gasteiger partial charge in [-0.2, -0.15) is 5.10 Å². The summed E-state index contributed by atoms with van der Waals surface area (Å²) in [6, 6.07) is 0.728. The van der Waals surface area contributed by atoms with Crippen molar-refractivity contribution in [2.24, 2.45) is 0 Å². The molecule has 0 aromatic carbocycles. The zero-order valence-electron chi connectivity index (χ0n) is 18.7. The maximum Gasteiger partial charge on any atom is 0.0886 e. The third-order valence-corrected chi connectivity index (χ3v) is 7.76. The van der Waals surface area contributed by atoms with Crippen molar-refractivity contribution in [2.75, 3.05) is 40.0 Å². The molecule has 4 rings (SSSR count). The van der Waals surface area contributed by atoms with Crippen molar-refractivity contribution in [3.63, 3.8) is 0 Å². The Bertz CT molecular complexity index is 647. The van der Waals surface area contributed by atoms with Gasteiger partial charge in [0.25, 0.3) is 0 Å². The summed E-state index contributed by atoms with van der Waals surface area (Å²) in [5.74, 6) is 0. The molecule has 1 unspecified atom stereocenters. The van der Waals surface area contributed by atoms with Crippen LogP contribution in [0.2, 0.25) is 0 Å². The van der Waals surface area contributed by atoms with Crippen molar-refractivity contribution in [3.05, 3.63) is 17.5 Å². The number of ether oxygens (including phenoxy) is 2. The molecule has 0 amide bonds. The van der Waals surface area contributed by atoms with E-state index in [9.17, 15) is 0 Å². The number of methoxy groups -OCH3 is 1. The molecule has 0 bridgehead atoms. The SMILES string of the molecule is CCn1ncc(CN2CCC(N3CC(OCCOC)C34CCCCC4)CC2)c1C. The van der Waals surface area contributed by atoms with Crippen LogP contribution in [0.25, 0.3) is 0 Å². The highest BCUT2D eigenvalue weighted by Gasteiger charge is 2.56. The molecule has 3 fully saturated rings.